The smallest absolute Gasteiger partial charge is 0.251 e. The number of fused-ring (bicyclic) bond motifs is 1. The van der Waals surface area contributed by atoms with Crippen molar-refractivity contribution >= 4 is 22.8 Å². The summed E-state index contributed by atoms with van der Waals surface area (Å²) in [5.74, 6) is 2.25. The standard InChI is InChI=1S/C30H27N5O/c31-17-18-1-14-26-27(15-18)34-29(33-26)24-12-8-22(9-13-24)20-4-2-19(3-5-20)21-6-10-23(11-7-21)25-16-28(32)35-30(25)36/h1-5,8-9,12-15,21,23,25H,6-7,10-11,16H2,(H,33,34)(H2,32,35,36). The number of aromatic amines is 1. The third-order valence-electron chi connectivity index (χ3n) is 7.83. The predicted molar refractivity (Wildman–Crippen MR) is 141 cm³/mol. The highest BCUT2D eigenvalue weighted by Gasteiger charge is 2.36. The third kappa shape index (κ3) is 4.18. The molecular formula is C30H27N5O. The summed E-state index contributed by atoms with van der Waals surface area (Å²) in [6.07, 6.45) is 4.98. The lowest BCUT2D eigenvalue weighted by molar-refractivity contribution is -0.122. The van der Waals surface area contributed by atoms with Gasteiger partial charge in [0.25, 0.3) is 5.91 Å². The first-order valence-corrected chi connectivity index (χ1v) is 12.5. The van der Waals surface area contributed by atoms with Gasteiger partial charge in [0.15, 0.2) is 0 Å². The van der Waals surface area contributed by atoms with Gasteiger partial charge in [0.2, 0.25) is 0 Å². The molecule has 1 saturated carbocycles. The average molecular weight is 474 g/mol. The Morgan fingerprint density at radius 3 is 2.19 bits per heavy atom. The molecule has 1 aliphatic heterocycles. The van der Waals surface area contributed by atoms with Gasteiger partial charge in [0.1, 0.15) is 11.7 Å². The quantitative estimate of drug-likeness (QED) is 0.382. The SMILES string of the molecule is N#Cc1ccc2nc(-c3ccc(-c4ccc(C5CCC(C6CC(N)=NC6=O)CC5)cc4)cc3)[nH]c2c1. The highest BCUT2D eigenvalue weighted by atomic mass is 16.1. The Labute approximate surface area is 209 Å². The highest BCUT2D eigenvalue weighted by molar-refractivity contribution is 6.01. The lowest BCUT2D eigenvalue weighted by Gasteiger charge is -2.31. The van der Waals surface area contributed by atoms with Crippen LogP contribution in [0.1, 0.15) is 49.1 Å². The Balaban J connectivity index is 1.12. The molecule has 6 nitrogen and oxygen atoms in total. The van der Waals surface area contributed by atoms with Crippen molar-refractivity contribution in [2.24, 2.45) is 22.6 Å². The van der Waals surface area contributed by atoms with Crippen LogP contribution in [-0.4, -0.2) is 21.7 Å². The number of rotatable bonds is 4. The first kappa shape index (κ1) is 22.2. The number of nitrogens with two attached hydrogens (primary N) is 1. The number of amidine groups is 1. The minimum Gasteiger partial charge on any atom is -0.387 e. The van der Waals surface area contributed by atoms with Crippen LogP contribution < -0.4 is 5.73 Å². The summed E-state index contributed by atoms with van der Waals surface area (Å²) in [5, 5.41) is 9.12. The van der Waals surface area contributed by atoms with E-state index in [0.717, 1.165) is 53.7 Å². The summed E-state index contributed by atoms with van der Waals surface area (Å²) in [5.41, 5.74) is 12.9. The normalized spacial score (nSPS) is 21.9. The van der Waals surface area contributed by atoms with Crippen LogP contribution in [0.15, 0.2) is 71.7 Å². The van der Waals surface area contributed by atoms with Gasteiger partial charge >= 0.3 is 0 Å². The second-order valence-corrected chi connectivity index (χ2v) is 9.99. The molecule has 0 bridgehead atoms. The Morgan fingerprint density at radius 2 is 1.56 bits per heavy atom. The maximum absolute atomic E-state index is 12.1. The number of amides is 1. The van der Waals surface area contributed by atoms with E-state index < -0.39 is 0 Å². The summed E-state index contributed by atoms with van der Waals surface area (Å²) in [6.45, 7) is 0. The Bertz CT molecular complexity index is 1500. The zero-order valence-electron chi connectivity index (χ0n) is 19.9. The molecule has 1 unspecified atom stereocenters. The third-order valence-corrected chi connectivity index (χ3v) is 7.83. The minimum atomic E-state index is -0.0141. The number of nitriles is 1. The second kappa shape index (κ2) is 9.09. The van der Waals surface area contributed by atoms with E-state index in [1.165, 1.54) is 11.1 Å². The van der Waals surface area contributed by atoms with Crippen molar-refractivity contribution in [2.45, 2.75) is 38.0 Å². The lowest BCUT2D eigenvalue weighted by Crippen LogP contribution is -2.25. The molecular weight excluding hydrogens is 446 g/mol. The molecule has 3 aromatic carbocycles. The van der Waals surface area contributed by atoms with E-state index in [0.29, 0.717) is 29.7 Å². The van der Waals surface area contributed by atoms with E-state index in [2.05, 4.69) is 69.6 Å². The monoisotopic (exact) mass is 473 g/mol. The first-order valence-electron chi connectivity index (χ1n) is 12.5. The zero-order chi connectivity index (χ0) is 24.6. The number of nitrogens with zero attached hydrogens (tertiary/aromatic N) is 3. The van der Waals surface area contributed by atoms with Crippen LogP contribution in [0.3, 0.4) is 0 Å². The van der Waals surface area contributed by atoms with Crippen LogP contribution in [0, 0.1) is 23.2 Å². The molecule has 6 rings (SSSR count). The molecule has 1 aliphatic carbocycles. The summed E-state index contributed by atoms with van der Waals surface area (Å²) in [6, 6.07) is 25.0. The van der Waals surface area contributed by atoms with E-state index >= 15 is 0 Å². The molecule has 2 aliphatic rings. The van der Waals surface area contributed by atoms with Gasteiger partial charge in [-0.25, -0.2) is 9.98 Å². The number of hydrogen-bond acceptors (Lipinski definition) is 4. The van der Waals surface area contributed by atoms with Crippen LogP contribution in [-0.2, 0) is 4.79 Å². The fourth-order valence-electron chi connectivity index (χ4n) is 5.79. The number of hydrogen-bond donors (Lipinski definition) is 2. The van der Waals surface area contributed by atoms with Gasteiger partial charge in [-0.15, -0.1) is 0 Å². The number of carbonyl (C=O) groups excluding carboxylic acids is 1. The average Bonchev–Trinajstić information content (AvgIpc) is 3.50. The topological polar surface area (TPSA) is 108 Å². The predicted octanol–water partition coefficient (Wildman–Crippen LogP) is 5.95. The number of benzene rings is 3. The van der Waals surface area contributed by atoms with Crippen LogP contribution in [0.25, 0.3) is 33.5 Å². The van der Waals surface area contributed by atoms with Gasteiger partial charge in [0, 0.05) is 12.0 Å². The number of imidazole rings is 1. The van der Waals surface area contributed by atoms with Gasteiger partial charge < -0.3 is 10.7 Å². The van der Waals surface area contributed by atoms with Crippen LogP contribution in [0.5, 0.6) is 0 Å². The zero-order valence-corrected chi connectivity index (χ0v) is 19.9. The molecule has 2 heterocycles. The molecule has 6 heteroatoms. The fourth-order valence-corrected chi connectivity index (χ4v) is 5.79. The van der Waals surface area contributed by atoms with Crippen LogP contribution >= 0.6 is 0 Å². The van der Waals surface area contributed by atoms with Crippen molar-refractivity contribution in [3.63, 3.8) is 0 Å². The lowest BCUT2D eigenvalue weighted by atomic mass is 9.73. The largest absolute Gasteiger partial charge is 0.387 e. The molecule has 1 aromatic heterocycles. The number of aromatic nitrogens is 2. The number of carbonyl (C=O) groups is 1. The molecule has 4 aromatic rings. The van der Waals surface area contributed by atoms with Crippen molar-refractivity contribution in [2.75, 3.05) is 0 Å². The molecule has 178 valence electrons. The van der Waals surface area contributed by atoms with Crippen molar-refractivity contribution in [3.05, 3.63) is 77.9 Å². The van der Waals surface area contributed by atoms with Crippen molar-refractivity contribution < 1.29 is 4.79 Å². The fraction of sp³-hybridized carbons (Fsp3) is 0.267. The van der Waals surface area contributed by atoms with E-state index in [1.54, 1.807) is 6.07 Å². The minimum absolute atomic E-state index is 0.00545. The molecule has 1 atom stereocenters. The maximum Gasteiger partial charge on any atom is 0.251 e. The van der Waals surface area contributed by atoms with Crippen LogP contribution in [0.4, 0.5) is 0 Å². The van der Waals surface area contributed by atoms with Gasteiger partial charge in [-0.05, 0) is 72.4 Å². The number of aliphatic imine (C=N–C) groups is 1. The Hall–Kier alpha value is -4.24. The molecule has 3 N–H and O–H groups in total. The van der Waals surface area contributed by atoms with Gasteiger partial charge in [-0.1, -0.05) is 48.5 Å². The Morgan fingerprint density at radius 1 is 0.889 bits per heavy atom. The van der Waals surface area contributed by atoms with Crippen molar-refractivity contribution in [1.82, 2.24) is 9.97 Å². The molecule has 36 heavy (non-hydrogen) atoms. The molecule has 0 saturated heterocycles. The van der Waals surface area contributed by atoms with Crippen LogP contribution in [0.2, 0.25) is 0 Å². The number of H-pyrrole nitrogens is 1. The summed E-state index contributed by atoms with van der Waals surface area (Å²) in [4.78, 5) is 24.0. The molecule has 0 spiro atoms. The summed E-state index contributed by atoms with van der Waals surface area (Å²) < 4.78 is 0. The van der Waals surface area contributed by atoms with Gasteiger partial charge in [-0.2, -0.15) is 5.26 Å². The van der Waals surface area contributed by atoms with E-state index in [-0.39, 0.29) is 11.8 Å². The summed E-state index contributed by atoms with van der Waals surface area (Å²) >= 11 is 0. The maximum atomic E-state index is 12.1. The van der Waals surface area contributed by atoms with E-state index in [4.69, 9.17) is 11.0 Å². The van der Waals surface area contributed by atoms with Crippen molar-refractivity contribution in [1.29, 1.82) is 5.26 Å². The second-order valence-electron chi connectivity index (χ2n) is 9.99. The number of nitrogens with one attached hydrogen (secondary N) is 1. The van der Waals surface area contributed by atoms with E-state index in [9.17, 15) is 4.79 Å². The molecule has 0 radical (unpaired) electrons. The summed E-state index contributed by atoms with van der Waals surface area (Å²) in [7, 11) is 0. The molecule has 1 amide bonds. The van der Waals surface area contributed by atoms with Crippen molar-refractivity contribution in [3.8, 4) is 28.6 Å². The van der Waals surface area contributed by atoms with Gasteiger partial charge in [0.05, 0.1) is 28.6 Å². The van der Waals surface area contributed by atoms with E-state index in [1.807, 2.05) is 12.1 Å². The van der Waals surface area contributed by atoms with Gasteiger partial charge in [-0.3, -0.25) is 4.79 Å². The first-order chi connectivity index (χ1) is 17.6. The molecule has 1 fully saturated rings. The Kier molecular flexibility index (Phi) is 5.61. The highest BCUT2D eigenvalue weighted by Crippen LogP contribution is 2.41.